The predicted octanol–water partition coefficient (Wildman–Crippen LogP) is 4.76. The van der Waals surface area contributed by atoms with Crippen LogP contribution >= 0.6 is 23.1 Å². The van der Waals surface area contributed by atoms with E-state index in [-0.39, 0.29) is 5.91 Å². The molecule has 0 unspecified atom stereocenters. The van der Waals surface area contributed by atoms with Crippen LogP contribution in [-0.2, 0) is 13.5 Å². The summed E-state index contributed by atoms with van der Waals surface area (Å²) in [6.07, 6.45) is 4.66. The van der Waals surface area contributed by atoms with Crippen LogP contribution in [0.2, 0.25) is 0 Å². The van der Waals surface area contributed by atoms with Crippen LogP contribution in [0.25, 0.3) is 0 Å². The highest BCUT2D eigenvalue weighted by Crippen LogP contribution is 2.27. The molecule has 6 heteroatoms. The van der Waals surface area contributed by atoms with Crippen molar-refractivity contribution >= 4 is 34.7 Å². The Morgan fingerprint density at radius 1 is 1.33 bits per heavy atom. The van der Waals surface area contributed by atoms with Gasteiger partial charge < -0.3 is 9.88 Å². The summed E-state index contributed by atoms with van der Waals surface area (Å²) < 4.78 is 1.98. The third-order valence-electron chi connectivity index (χ3n) is 3.66. The summed E-state index contributed by atoms with van der Waals surface area (Å²) in [6.45, 7) is 4.16. The monoisotopic (exact) mass is 357 g/mol. The number of hydrogen-bond acceptors (Lipinski definition) is 4. The second-order valence-corrected chi connectivity index (χ2v) is 7.65. The Morgan fingerprint density at radius 2 is 2.08 bits per heavy atom. The van der Waals surface area contributed by atoms with E-state index >= 15 is 0 Å². The van der Waals surface area contributed by atoms with Crippen LogP contribution < -0.4 is 5.32 Å². The smallest absolute Gasteiger partial charge is 0.265 e. The minimum atomic E-state index is -0.0488. The molecule has 0 aliphatic carbocycles. The number of carbonyl (C=O) groups is 1. The summed E-state index contributed by atoms with van der Waals surface area (Å²) >= 11 is 3.16. The van der Waals surface area contributed by atoms with Crippen molar-refractivity contribution in [2.45, 2.75) is 30.3 Å². The van der Waals surface area contributed by atoms with Crippen molar-refractivity contribution in [2.24, 2.45) is 7.05 Å². The van der Waals surface area contributed by atoms with Crippen LogP contribution in [-0.4, -0.2) is 15.5 Å². The van der Waals surface area contributed by atoms with Crippen molar-refractivity contribution in [3.05, 3.63) is 58.0 Å². The maximum Gasteiger partial charge on any atom is 0.265 e. The lowest BCUT2D eigenvalue weighted by molar-refractivity contribution is 0.103. The number of aryl methyl sites for hydroxylation is 3. The molecule has 24 heavy (non-hydrogen) atoms. The maximum atomic E-state index is 12.4. The maximum absolute atomic E-state index is 12.4. The van der Waals surface area contributed by atoms with Gasteiger partial charge in [-0.15, -0.1) is 11.3 Å². The molecule has 4 nitrogen and oxygen atoms in total. The molecule has 2 aromatic heterocycles. The Hall–Kier alpha value is -2.05. The normalized spacial score (nSPS) is 10.8. The third-order valence-corrected chi connectivity index (χ3v) is 6.13. The molecule has 1 N–H and O–H groups in total. The summed E-state index contributed by atoms with van der Waals surface area (Å²) in [6, 6.07) is 9.79. The molecule has 0 bridgehead atoms. The van der Waals surface area contributed by atoms with Gasteiger partial charge in [-0.1, -0.05) is 18.7 Å². The van der Waals surface area contributed by atoms with Gasteiger partial charge in [-0.3, -0.25) is 4.79 Å². The van der Waals surface area contributed by atoms with Gasteiger partial charge in [0.15, 0.2) is 5.16 Å². The Labute approximate surface area is 149 Å². The Balaban J connectivity index is 1.67. The molecule has 0 radical (unpaired) electrons. The van der Waals surface area contributed by atoms with Gasteiger partial charge in [0.1, 0.15) is 0 Å². The number of benzene rings is 1. The molecular weight excluding hydrogens is 338 g/mol. The topological polar surface area (TPSA) is 46.9 Å². The molecule has 0 atom stereocenters. The zero-order valence-electron chi connectivity index (χ0n) is 13.9. The first-order chi connectivity index (χ1) is 11.6. The van der Waals surface area contributed by atoms with E-state index in [4.69, 9.17) is 0 Å². The molecule has 124 valence electrons. The second-order valence-electron chi connectivity index (χ2n) is 5.47. The van der Waals surface area contributed by atoms with Crippen LogP contribution in [0, 0.1) is 6.92 Å². The SMILES string of the molecule is CCc1sc(C(=O)Nc2ccc(Sc3nccn3C)cc2)cc1C. The molecule has 3 aromatic rings. The lowest BCUT2D eigenvalue weighted by Gasteiger charge is -2.05. The summed E-state index contributed by atoms with van der Waals surface area (Å²) in [5.74, 6) is -0.0488. The van der Waals surface area contributed by atoms with Crippen molar-refractivity contribution in [3.63, 3.8) is 0 Å². The van der Waals surface area contributed by atoms with Crippen LogP contribution in [0.5, 0.6) is 0 Å². The van der Waals surface area contributed by atoms with Crippen molar-refractivity contribution < 1.29 is 4.79 Å². The number of imidazole rings is 1. The number of nitrogens with one attached hydrogen (secondary N) is 1. The molecule has 1 amide bonds. The summed E-state index contributed by atoms with van der Waals surface area (Å²) in [7, 11) is 1.97. The predicted molar refractivity (Wildman–Crippen MR) is 100 cm³/mol. The highest BCUT2D eigenvalue weighted by molar-refractivity contribution is 7.99. The van der Waals surface area contributed by atoms with Gasteiger partial charge in [0.2, 0.25) is 0 Å². The largest absolute Gasteiger partial charge is 0.329 e. The van der Waals surface area contributed by atoms with E-state index in [2.05, 4.69) is 24.1 Å². The van der Waals surface area contributed by atoms with Gasteiger partial charge >= 0.3 is 0 Å². The Kier molecular flexibility index (Phi) is 5.06. The first kappa shape index (κ1) is 16.8. The lowest BCUT2D eigenvalue weighted by atomic mass is 10.2. The number of hydrogen-bond donors (Lipinski definition) is 1. The van der Waals surface area contributed by atoms with E-state index < -0.39 is 0 Å². The van der Waals surface area contributed by atoms with Gasteiger partial charge in [-0.2, -0.15) is 0 Å². The lowest BCUT2D eigenvalue weighted by Crippen LogP contribution is -2.09. The number of carbonyl (C=O) groups excluding carboxylic acids is 1. The van der Waals surface area contributed by atoms with Gasteiger partial charge in [-0.05, 0) is 49.2 Å². The zero-order valence-corrected chi connectivity index (χ0v) is 15.5. The number of amides is 1. The van der Waals surface area contributed by atoms with Crippen LogP contribution in [0.4, 0.5) is 5.69 Å². The van der Waals surface area contributed by atoms with E-state index in [1.54, 1.807) is 29.3 Å². The average Bonchev–Trinajstić information content (AvgIpc) is 3.15. The minimum Gasteiger partial charge on any atom is -0.329 e. The van der Waals surface area contributed by atoms with E-state index in [0.717, 1.165) is 27.0 Å². The van der Waals surface area contributed by atoms with Crippen LogP contribution in [0.15, 0.2) is 52.8 Å². The highest BCUT2D eigenvalue weighted by Gasteiger charge is 2.12. The average molecular weight is 358 g/mol. The van der Waals surface area contributed by atoms with Crippen LogP contribution in [0.3, 0.4) is 0 Å². The first-order valence-corrected chi connectivity index (χ1v) is 9.36. The molecule has 0 fully saturated rings. The first-order valence-electron chi connectivity index (χ1n) is 7.72. The molecule has 0 saturated heterocycles. The van der Waals surface area contributed by atoms with Gasteiger partial charge in [0.25, 0.3) is 5.91 Å². The van der Waals surface area contributed by atoms with Crippen molar-refractivity contribution in [3.8, 4) is 0 Å². The summed E-state index contributed by atoms with van der Waals surface area (Å²) in [5, 5.41) is 3.90. The quantitative estimate of drug-likeness (QED) is 0.716. The standard InChI is InChI=1S/C18H19N3OS2/c1-4-15-12(2)11-16(24-15)17(22)20-13-5-7-14(8-6-13)23-18-19-9-10-21(18)3/h5-11H,4H2,1-3H3,(H,20,22). The molecule has 0 spiro atoms. The number of nitrogens with zero attached hydrogens (tertiary/aromatic N) is 2. The van der Waals surface area contributed by atoms with Crippen molar-refractivity contribution in [2.75, 3.05) is 5.32 Å². The second kappa shape index (κ2) is 7.23. The molecule has 3 rings (SSSR count). The number of aromatic nitrogens is 2. The van der Waals surface area contributed by atoms with E-state index in [1.807, 2.05) is 48.1 Å². The fraction of sp³-hybridized carbons (Fsp3) is 0.222. The van der Waals surface area contributed by atoms with E-state index in [1.165, 1.54) is 10.4 Å². The zero-order chi connectivity index (χ0) is 17.1. The molecule has 0 aliphatic heterocycles. The fourth-order valence-corrected chi connectivity index (χ4v) is 4.15. The summed E-state index contributed by atoms with van der Waals surface area (Å²) in [5.41, 5.74) is 1.99. The number of rotatable bonds is 5. The molecule has 0 saturated carbocycles. The van der Waals surface area contributed by atoms with Gasteiger partial charge in [0, 0.05) is 34.9 Å². The number of anilines is 1. The molecule has 2 heterocycles. The van der Waals surface area contributed by atoms with Crippen molar-refractivity contribution in [1.29, 1.82) is 0 Å². The van der Waals surface area contributed by atoms with Crippen molar-refractivity contribution in [1.82, 2.24) is 9.55 Å². The molecule has 1 aromatic carbocycles. The van der Waals surface area contributed by atoms with E-state index in [0.29, 0.717) is 0 Å². The minimum absolute atomic E-state index is 0.0488. The summed E-state index contributed by atoms with van der Waals surface area (Å²) in [4.78, 5) is 19.8. The molecular formula is C18H19N3OS2. The number of thiophene rings is 1. The third kappa shape index (κ3) is 3.71. The highest BCUT2D eigenvalue weighted by atomic mass is 32.2. The Bertz CT molecular complexity index is 850. The van der Waals surface area contributed by atoms with Gasteiger partial charge in [-0.25, -0.2) is 4.98 Å². The molecule has 0 aliphatic rings. The Morgan fingerprint density at radius 3 is 2.67 bits per heavy atom. The van der Waals surface area contributed by atoms with E-state index in [9.17, 15) is 4.79 Å². The fourth-order valence-electron chi connectivity index (χ4n) is 2.34. The van der Waals surface area contributed by atoms with Crippen LogP contribution in [0.1, 0.15) is 27.0 Å². The van der Waals surface area contributed by atoms with Gasteiger partial charge in [0.05, 0.1) is 4.88 Å².